The average Bonchev–Trinajstić information content (AvgIpc) is 3.45. The van der Waals surface area contributed by atoms with Gasteiger partial charge in [0.2, 0.25) is 0 Å². The maximum absolute atomic E-state index is 14.1. The molecule has 9 heteroatoms. The van der Waals surface area contributed by atoms with Crippen LogP contribution < -0.4 is 25.1 Å². The minimum Gasteiger partial charge on any atom is -0.507 e. The second-order valence-corrected chi connectivity index (χ2v) is 11.0. The normalized spacial score (nSPS) is 11.8. The summed E-state index contributed by atoms with van der Waals surface area (Å²) in [7, 11) is 6.45. The van der Waals surface area contributed by atoms with Gasteiger partial charge in [-0.1, -0.05) is 36.4 Å². The standard InChI is InChI=1S/C37H35N3O6/c1-40-30-11-7-5-9-26(30)35(41)33(37(40)43)32(22-13-15-23(44-2)16-14-22)34-25(28-21-24(45-3)17-18-29(28)39-34)19-20-38-36(42)27-10-6-8-12-31(27)46-4/h5-18,21,32,39,41H,19-20H2,1-4H3,(H,38,42). The van der Waals surface area contributed by atoms with Crippen LogP contribution in [-0.2, 0) is 13.5 Å². The van der Waals surface area contributed by atoms with Crippen molar-refractivity contribution in [2.45, 2.75) is 12.3 Å². The summed E-state index contributed by atoms with van der Waals surface area (Å²) in [5.41, 5.74) is 4.20. The van der Waals surface area contributed by atoms with E-state index < -0.39 is 5.92 Å². The maximum Gasteiger partial charge on any atom is 0.258 e. The molecule has 0 aliphatic carbocycles. The number of para-hydroxylation sites is 2. The van der Waals surface area contributed by atoms with Gasteiger partial charge in [0.1, 0.15) is 23.0 Å². The number of amides is 1. The van der Waals surface area contributed by atoms with Crippen molar-refractivity contribution in [1.82, 2.24) is 14.9 Å². The van der Waals surface area contributed by atoms with Gasteiger partial charge in [-0.15, -0.1) is 0 Å². The number of fused-ring (bicyclic) bond motifs is 2. The van der Waals surface area contributed by atoms with Gasteiger partial charge in [-0.3, -0.25) is 9.59 Å². The fraction of sp³-hybridized carbons (Fsp3) is 0.189. The van der Waals surface area contributed by atoms with Crippen molar-refractivity contribution in [3.63, 3.8) is 0 Å². The van der Waals surface area contributed by atoms with Gasteiger partial charge >= 0.3 is 0 Å². The van der Waals surface area contributed by atoms with Gasteiger partial charge < -0.3 is 34.2 Å². The lowest BCUT2D eigenvalue weighted by atomic mass is 9.85. The van der Waals surface area contributed by atoms with E-state index in [2.05, 4.69) is 10.3 Å². The average molecular weight is 618 g/mol. The Hall–Kier alpha value is -5.70. The van der Waals surface area contributed by atoms with Crippen LogP contribution in [0.4, 0.5) is 0 Å². The number of aryl methyl sites for hydroxylation is 1. The molecule has 234 valence electrons. The highest BCUT2D eigenvalue weighted by Gasteiger charge is 2.30. The van der Waals surface area contributed by atoms with Crippen molar-refractivity contribution in [1.29, 1.82) is 0 Å². The van der Waals surface area contributed by atoms with Crippen LogP contribution in [0.1, 0.15) is 38.7 Å². The number of hydrogen-bond acceptors (Lipinski definition) is 6. The largest absolute Gasteiger partial charge is 0.507 e. The minimum atomic E-state index is -0.687. The number of nitrogens with zero attached hydrogens (tertiary/aromatic N) is 1. The van der Waals surface area contributed by atoms with Crippen LogP contribution in [0.25, 0.3) is 21.8 Å². The maximum atomic E-state index is 14.1. The lowest BCUT2D eigenvalue weighted by molar-refractivity contribution is 0.0951. The molecule has 0 saturated heterocycles. The third-order valence-corrected chi connectivity index (χ3v) is 8.50. The first kappa shape index (κ1) is 30.3. The fourth-order valence-electron chi connectivity index (χ4n) is 6.16. The molecule has 6 aromatic rings. The predicted molar refractivity (Wildman–Crippen MR) is 179 cm³/mol. The van der Waals surface area contributed by atoms with E-state index in [1.54, 1.807) is 44.0 Å². The molecule has 9 nitrogen and oxygen atoms in total. The number of carbonyl (C=O) groups is 1. The van der Waals surface area contributed by atoms with Crippen molar-refractivity contribution in [3.05, 3.63) is 129 Å². The van der Waals surface area contributed by atoms with Gasteiger partial charge in [0.25, 0.3) is 11.5 Å². The van der Waals surface area contributed by atoms with E-state index in [-0.39, 0.29) is 22.8 Å². The SMILES string of the molecule is COc1ccc(C(c2[nH]c3ccc(OC)cc3c2CCNC(=O)c2ccccc2OC)c2c(O)c3ccccc3n(C)c2=O)cc1. The number of ether oxygens (including phenoxy) is 3. The van der Waals surface area contributed by atoms with Crippen molar-refractivity contribution >= 4 is 27.7 Å². The third kappa shape index (κ3) is 5.40. The van der Waals surface area contributed by atoms with E-state index in [1.165, 1.54) is 7.11 Å². The molecule has 3 N–H and O–H groups in total. The molecule has 0 bridgehead atoms. The van der Waals surface area contributed by atoms with Crippen LogP contribution in [0.15, 0.2) is 95.8 Å². The highest BCUT2D eigenvalue weighted by molar-refractivity contribution is 5.97. The Labute approximate surface area is 266 Å². The van der Waals surface area contributed by atoms with Crippen LogP contribution in [0.2, 0.25) is 0 Å². The molecule has 1 amide bonds. The first-order chi connectivity index (χ1) is 22.4. The van der Waals surface area contributed by atoms with Gasteiger partial charge in [-0.05, 0) is 72.1 Å². The Morgan fingerprint density at radius 3 is 2.30 bits per heavy atom. The van der Waals surface area contributed by atoms with E-state index in [0.29, 0.717) is 46.7 Å². The molecule has 0 spiro atoms. The molecule has 0 aliphatic rings. The smallest absolute Gasteiger partial charge is 0.258 e. The number of aromatic amines is 1. The zero-order valence-corrected chi connectivity index (χ0v) is 26.1. The molecule has 0 aliphatic heterocycles. The van der Waals surface area contributed by atoms with Crippen LogP contribution in [0.3, 0.4) is 0 Å². The fourth-order valence-corrected chi connectivity index (χ4v) is 6.16. The van der Waals surface area contributed by atoms with Crippen molar-refractivity contribution in [2.24, 2.45) is 7.05 Å². The Balaban J connectivity index is 1.53. The predicted octanol–water partition coefficient (Wildman–Crippen LogP) is 5.90. The second-order valence-electron chi connectivity index (χ2n) is 11.0. The quantitative estimate of drug-likeness (QED) is 0.176. The number of carbonyl (C=O) groups excluding carboxylic acids is 1. The Bertz CT molecular complexity index is 2110. The van der Waals surface area contributed by atoms with E-state index in [4.69, 9.17) is 14.2 Å². The van der Waals surface area contributed by atoms with E-state index in [9.17, 15) is 14.7 Å². The molecule has 46 heavy (non-hydrogen) atoms. The molecule has 1 unspecified atom stereocenters. The van der Waals surface area contributed by atoms with Gasteiger partial charge in [0, 0.05) is 35.6 Å². The summed E-state index contributed by atoms with van der Waals surface area (Å²) in [5.74, 6) is 0.796. The van der Waals surface area contributed by atoms with Crippen molar-refractivity contribution in [2.75, 3.05) is 27.9 Å². The summed E-state index contributed by atoms with van der Waals surface area (Å²) in [6.07, 6.45) is 0.421. The number of pyridine rings is 1. The molecular weight excluding hydrogens is 582 g/mol. The highest BCUT2D eigenvalue weighted by atomic mass is 16.5. The monoisotopic (exact) mass is 617 g/mol. The summed E-state index contributed by atoms with van der Waals surface area (Å²) >= 11 is 0. The summed E-state index contributed by atoms with van der Waals surface area (Å²) in [5, 5.41) is 16.3. The highest BCUT2D eigenvalue weighted by Crippen LogP contribution is 2.42. The number of aromatic nitrogens is 2. The van der Waals surface area contributed by atoms with Crippen LogP contribution >= 0.6 is 0 Å². The molecule has 0 radical (unpaired) electrons. The summed E-state index contributed by atoms with van der Waals surface area (Å²) < 4.78 is 17.9. The third-order valence-electron chi connectivity index (χ3n) is 8.50. The first-order valence-electron chi connectivity index (χ1n) is 14.9. The summed E-state index contributed by atoms with van der Waals surface area (Å²) in [6.45, 7) is 0.297. The zero-order valence-electron chi connectivity index (χ0n) is 26.1. The van der Waals surface area contributed by atoms with Gasteiger partial charge in [0.15, 0.2) is 0 Å². The summed E-state index contributed by atoms with van der Waals surface area (Å²) in [6, 6.07) is 27.6. The number of H-pyrrole nitrogens is 1. The van der Waals surface area contributed by atoms with Crippen LogP contribution in [0.5, 0.6) is 23.0 Å². The number of nitrogens with one attached hydrogen (secondary N) is 2. The number of methoxy groups -OCH3 is 3. The number of hydrogen-bond donors (Lipinski definition) is 3. The summed E-state index contributed by atoms with van der Waals surface area (Å²) in [4.78, 5) is 30.9. The molecular formula is C37H35N3O6. The van der Waals surface area contributed by atoms with Crippen LogP contribution in [-0.4, -0.2) is 48.4 Å². The first-order valence-corrected chi connectivity index (χ1v) is 14.9. The zero-order chi connectivity index (χ0) is 32.4. The minimum absolute atomic E-state index is 0.0776. The van der Waals surface area contributed by atoms with E-state index in [1.807, 2.05) is 72.8 Å². The lowest BCUT2D eigenvalue weighted by Gasteiger charge is -2.22. The molecule has 0 saturated carbocycles. The molecule has 1 atom stereocenters. The van der Waals surface area contributed by atoms with Gasteiger partial charge in [0.05, 0.1) is 43.9 Å². The molecule has 6 rings (SSSR count). The Morgan fingerprint density at radius 2 is 1.57 bits per heavy atom. The van der Waals surface area contributed by atoms with Crippen molar-refractivity contribution < 1.29 is 24.1 Å². The topological polar surface area (TPSA) is 115 Å². The second kappa shape index (κ2) is 12.7. The van der Waals surface area contributed by atoms with E-state index >= 15 is 0 Å². The molecule has 0 fully saturated rings. The number of rotatable bonds is 10. The molecule has 4 aromatic carbocycles. The lowest BCUT2D eigenvalue weighted by Crippen LogP contribution is -2.27. The number of aromatic hydroxyl groups is 1. The van der Waals surface area contributed by atoms with Crippen molar-refractivity contribution in [3.8, 4) is 23.0 Å². The molecule has 2 aromatic heterocycles. The molecule has 2 heterocycles. The number of benzene rings is 4. The Morgan fingerprint density at radius 1 is 0.870 bits per heavy atom. The van der Waals surface area contributed by atoms with Crippen LogP contribution in [0, 0.1) is 0 Å². The Kier molecular flexibility index (Phi) is 8.39. The van der Waals surface area contributed by atoms with Gasteiger partial charge in [-0.2, -0.15) is 0 Å². The van der Waals surface area contributed by atoms with E-state index in [0.717, 1.165) is 27.7 Å². The van der Waals surface area contributed by atoms with Gasteiger partial charge in [-0.25, -0.2) is 0 Å².